The molecule has 0 spiro atoms. The maximum atomic E-state index is 11.8. The van der Waals surface area contributed by atoms with Gasteiger partial charge in [0.2, 0.25) is 5.91 Å². The molecule has 0 aliphatic heterocycles. The van der Waals surface area contributed by atoms with Crippen molar-refractivity contribution >= 4 is 29.3 Å². The number of carbonyl (C=O) groups excluding carboxylic acids is 1. The zero-order chi connectivity index (χ0) is 16.1. The van der Waals surface area contributed by atoms with Gasteiger partial charge in [0.25, 0.3) is 0 Å². The number of halogens is 1. The average Bonchev–Trinajstić information content (AvgIpc) is 2.86. The average molecular weight is 339 g/mol. The van der Waals surface area contributed by atoms with Crippen LogP contribution in [0.1, 0.15) is 20.3 Å². The quantitative estimate of drug-likeness (QED) is 0.822. The third-order valence-corrected chi connectivity index (χ3v) is 4.65. The molecule has 0 saturated heterocycles. The number of hydrogen-bond acceptors (Lipinski definition) is 4. The minimum atomic E-state index is 0.00152. The second-order valence-corrected chi connectivity index (χ2v) is 6.36. The fourth-order valence-corrected chi connectivity index (χ4v) is 2.81. The highest BCUT2D eigenvalue weighted by Crippen LogP contribution is 2.28. The summed E-state index contributed by atoms with van der Waals surface area (Å²) in [6, 6.07) is 7.68. The third-order valence-electron chi connectivity index (χ3n) is 3.30. The predicted molar refractivity (Wildman–Crippen MR) is 90.1 cm³/mol. The zero-order valence-corrected chi connectivity index (χ0v) is 14.4. The predicted octanol–water partition coefficient (Wildman–Crippen LogP) is 3.14. The van der Waals surface area contributed by atoms with Gasteiger partial charge in [0.05, 0.1) is 10.8 Å². The van der Waals surface area contributed by atoms with Crippen molar-refractivity contribution < 1.29 is 4.79 Å². The van der Waals surface area contributed by atoms with E-state index >= 15 is 0 Å². The number of nitrogens with one attached hydrogen (secondary N) is 1. The van der Waals surface area contributed by atoms with E-state index in [-0.39, 0.29) is 11.9 Å². The van der Waals surface area contributed by atoms with Crippen LogP contribution < -0.4 is 5.32 Å². The molecule has 1 unspecified atom stereocenters. The second kappa shape index (κ2) is 7.65. The summed E-state index contributed by atoms with van der Waals surface area (Å²) >= 11 is 7.55. The molecule has 118 valence electrons. The van der Waals surface area contributed by atoms with Gasteiger partial charge in [-0.3, -0.25) is 4.79 Å². The molecule has 0 bridgehead atoms. The normalized spacial score (nSPS) is 12.2. The summed E-state index contributed by atoms with van der Waals surface area (Å²) < 4.78 is 1.85. The topological polar surface area (TPSA) is 59.8 Å². The summed E-state index contributed by atoms with van der Waals surface area (Å²) in [7, 11) is 1.87. The third kappa shape index (κ3) is 4.01. The Bertz CT molecular complexity index is 659. The molecule has 1 atom stereocenters. The monoisotopic (exact) mass is 338 g/mol. The molecule has 5 nitrogen and oxygen atoms in total. The molecular formula is C15H19ClN4OS. The fraction of sp³-hybridized carbons (Fsp3) is 0.400. The van der Waals surface area contributed by atoms with Crippen molar-refractivity contribution in [3.05, 3.63) is 29.3 Å². The Balaban J connectivity index is 2.06. The van der Waals surface area contributed by atoms with Crippen LogP contribution in [0.4, 0.5) is 0 Å². The fourth-order valence-electron chi connectivity index (χ4n) is 1.87. The van der Waals surface area contributed by atoms with Gasteiger partial charge in [0, 0.05) is 18.7 Å². The van der Waals surface area contributed by atoms with Gasteiger partial charge in [-0.25, -0.2) is 0 Å². The van der Waals surface area contributed by atoms with E-state index < -0.39 is 0 Å². The molecule has 2 rings (SSSR count). The molecule has 1 heterocycles. The maximum Gasteiger partial charge on any atom is 0.230 e. The number of aromatic nitrogens is 3. The van der Waals surface area contributed by atoms with Crippen molar-refractivity contribution in [2.75, 3.05) is 5.75 Å². The Morgan fingerprint density at radius 1 is 1.41 bits per heavy atom. The number of thioether (sulfide) groups is 1. The van der Waals surface area contributed by atoms with E-state index in [1.54, 1.807) is 0 Å². The molecule has 0 aliphatic rings. The van der Waals surface area contributed by atoms with Crippen molar-refractivity contribution in [1.82, 2.24) is 20.1 Å². The number of carbonyl (C=O) groups is 1. The van der Waals surface area contributed by atoms with E-state index in [1.165, 1.54) is 11.8 Å². The lowest BCUT2D eigenvalue weighted by Gasteiger charge is -2.10. The highest BCUT2D eigenvalue weighted by atomic mass is 35.5. The number of benzene rings is 1. The highest BCUT2D eigenvalue weighted by Gasteiger charge is 2.15. The molecule has 1 aromatic carbocycles. The molecule has 0 radical (unpaired) electrons. The maximum absolute atomic E-state index is 11.8. The summed E-state index contributed by atoms with van der Waals surface area (Å²) in [5.74, 6) is 1.01. The molecule has 22 heavy (non-hydrogen) atoms. The number of hydrogen-bond donors (Lipinski definition) is 1. The first-order chi connectivity index (χ1) is 10.5. The summed E-state index contributed by atoms with van der Waals surface area (Å²) in [4.78, 5) is 11.8. The largest absolute Gasteiger partial charge is 0.353 e. The second-order valence-electron chi connectivity index (χ2n) is 5.01. The van der Waals surface area contributed by atoms with Gasteiger partial charge in [0.1, 0.15) is 0 Å². The summed E-state index contributed by atoms with van der Waals surface area (Å²) in [6.07, 6.45) is 0.914. The summed E-state index contributed by atoms with van der Waals surface area (Å²) in [5.41, 5.74) is 0.829. The van der Waals surface area contributed by atoms with Crippen LogP contribution in [-0.4, -0.2) is 32.5 Å². The summed E-state index contributed by atoms with van der Waals surface area (Å²) in [5, 5.41) is 12.6. The molecule has 1 N–H and O–H groups in total. The van der Waals surface area contributed by atoms with Crippen LogP contribution in [0.25, 0.3) is 11.4 Å². The van der Waals surface area contributed by atoms with Crippen molar-refractivity contribution in [3.8, 4) is 11.4 Å². The molecular weight excluding hydrogens is 320 g/mol. The minimum Gasteiger partial charge on any atom is -0.353 e. The van der Waals surface area contributed by atoms with Gasteiger partial charge in [-0.1, -0.05) is 42.4 Å². The highest BCUT2D eigenvalue weighted by molar-refractivity contribution is 7.99. The molecule has 0 saturated carbocycles. The SMILES string of the molecule is CCC(C)NC(=O)CSc1nnc(-c2ccccc2Cl)n1C. The molecule has 0 fully saturated rings. The Labute approximate surface area is 139 Å². The van der Waals surface area contributed by atoms with Crippen molar-refractivity contribution in [1.29, 1.82) is 0 Å². The Morgan fingerprint density at radius 3 is 2.82 bits per heavy atom. The van der Waals surface area contributed by atoms with Gasteiger partial charge in [-0.2, -0.15) is 0 Å². The molecule has 1 amide bonds. The van der Waals surface area contributed by atoms with Gasteiger partial charge < -0.3 is 9.88 Å². The van der Waals surface area contributed by atoms with Gasteiger partial charge in [0.15, 0.2) is 11.0 Å². The Kier molecular flexibility index (Phi) is 5.85. The molecule has 7 heteroatoms. The van der Waals surface area contributed by atoms with E-state index in [4.69, 9.17) is 11.6 Å². The van der Waals surface area contributed by atoms with Gasteiger partial charge >= 0.3 is 0 Å². The van der Waals surface area contributed by atoms with E-state index in [2.05, 4.69) is 15.5 Å². The first kappa shape index (κ1) is 16.8. The van der Waals surface area contributed by atoms with Crippen molar-refractivity contribution in [3.63, 3.8) is 0 Å². The van der Waals surface area contributed by atoms with Crippen LogP contribution in [0, 0.1) is 0 Å². The van der Waals surface area contributed by atoms with E-state index in [0.717, 1.165) is 12.0 Å². The van der Waals surface area contributed by atoms with E-state index in [9.17, 15) is 4.79 Å². The zero-order valence-electron chi connectivity index (χ0n) is 12.8. The van der Waals surface area contributed by atoms with Crippen molar-refractivity contribution in [2.45, 2.75) is 31.5 Å². The smallest absolute Gasteiger partial charge is 0.230 e. The molecule has 0 aliphatic carbocycles. The lowest BCUT2D eigenvalue weighted by Crippen LogP contribution is -2.33. The summed E-state index contributed by atoms with van der Waals surface area (Å²) in [6.45, 7) is 4.02. The van der Waals surface area contributed by atoms with Gasteiger partial charge in [-0.05, 0) is 25.5 Å². The lowest BCUT2D eigenvalue weighted by atomic mass is 10.2. The van der Waals surface area contributed by atoms with Crippen LogP contribution >= 0.6 is 23.4 Å². The molecule has 1 aromatic heterocycles. The first-order valence-electron chi connectivity index (χ1n) is 7.09. The van der Waals surface area contributed by atoms with Crippen LogP contribution in [0.5, 0.6) is 0 Å². The van der Waals surface area contributed by atoms with Crippen molar-refractivity contribution in [2.24, 2.45) is 7.05 Å². The van der Waals surface area contributed by atoms with Crippen LogP contribution in [-0.2, 0) is 11.8 Å². The van der Waals surface area contributed by atoms with Crippen LogP contribution in [0.3, 0.4) is 0 Å². The number of rotatable bonds is 6. The number of amides is 1. The lowest BCUT2D eigenvalue weighted by molar-refractivity contribution is -0.119. The van der Waals surface area contributed by atoms with Crippen LogP contribution in [0.15, 0.2) is 29.4 Å². The molecule has 2 aromatic rings. The Hall–Kier alpha value is -1.53. The minimum absolute atomic E-state index is 0.00152. The first-order valence-corrected chi connectivity index (χ1v) is 8.45. The van der Waals surface area contributed by atoms with E-state index in [1.807, 2.05) is 49.7 Å². The van der Waals surface area contributed by atoms with E-state index in [0.29, 0.717) is 21.8 Å². The van der Waals surface area contributed by atoms with Crippen LogP contribution in [0.2, 0.25) is 5.02 Å². The van der Waals surface area contributed by atoms with Gasteiger partial charge in [-0.15, -0.1) is 10.2 Å². The number of nitrogens with zero attached hydrogens (tertiary/aromatic N) is 3. The Morgan fingerprint density at radius 2 is 2.14 bits per heavy atom. The standard InChI is InChI=1S/C15H19ClN4OS/c1-4-10(2)17-13(21)9-22-15-19-18-14(20(15)3)11-7-5-6-8-12(11)16/h5-8,10H,4,9H2,1-3H3,(H,17,21).